The van der Waals surface area contributed by atoms with Crippen LogP contribution in [0.5, 0.6) is 0 Å². The second kappa shape index (κ2) is 7.35. The number of benzene rings is 1. The summed E-state index contributed by atoms with van der Waals surface area (Å²) in [5.41, 5.74) is 6.74. The number of carbonyl (C=O) groups is 2. The Bertz CT molecular complexity index is 733. The number of rotatable bonds is 1. The lowest BCUT2D eigenvalue weighted by atomic mass is 9.80. The van der Waals surface area contributed by atoms with Gasteiger partial charge in [0.1, 0.15) is 6.61 Å². The topological polar surface area (TPSA) is 83.0 Å². The van der Waals surface area contributed by atoms with Crippen LogP contribution in [0.15, 0.2) is 23.3 Å². The normalized spacial score (nSPS) is 25.9. The van der Waals surface area contributed by atoms with Gasteiger partial charge in [0.15, 0.2) is 0 Å². The number of anilines is 1. The minimum Gasteiger partial charge on any atom is -0.447 e. The van der Waals surface area contributed by atoms with Crippen molar-refractivity contribution in [2.45, 2.75) is 38.6 Å². The number of carbonyl (C=O) groups excluding carboxylic acids is 2. The van der Waals surface area contributed by atoms with E-state index in [0.717, 1.165) is 24.9 Å². The summed E-state index contributed by atoms with van der Waals surface area (Å²) in [6.07, 6.45) is 5.14. The minimum absolute atomic E-state index is 0.00463. The fourth-order valence-corrected chi connectivity index (χ4v) is 3.72. The van der Waals surface area contributed by atoms with Gasteiger partial charge in [-0.3, -0.25) is 15.1 Å². The quantitative estimate of drug-likeness (QED) is 0.806. The predicted molar refractivity (Wildman–Crippen MR) is 100 cm³/mol. The molecule has 3 aliphatic rings. The highest BCUT2D eigenvalue weighted by molar-refractivity contribution is 5.89. The molecule has 7 heteroatoms. The molecule has 2 heterocycles. The van der Waals surface area contributed by atoms with Crippen LogP contribution < -0.4 is 15.6 Å². The molecule has 1 saturated heterocycles. The second-order valence-corrected chi connectivity index (χ2v) is 7.00. The van der Waals surface area contributed by atoms with E-state index in [1.807, 2.05) is 12.3 Å². The first-order chi connectivity index (χ1) is 12.5. The zero-order valence-electron chi connectivity index (χ0n) is 15.5. The summed E-state index contributed by atoms with van der Waals surface area (Å²) >= 11 is 0. The van der Waals surface area contributed by atoms with Gasteiger partial charge in [0.2, 0.25) is 5.91 Å². The summed E-state index contributed by atoms with van der Waals surface area (Å²) in [4.78, 5) is 23.1. The molecule has 2 N–H and O–H groups in total. The van der Waals surface area contributed by atoms with Gasteiger partial charge in [-0.2, -0.15) is 5.10 Å². The van der Waals surface area contributed by atoms with Gasteiger partial charge in [-0.15, -0.1) is 0 Å². The molecule has 1 aromatic carbocycles. The molecule has 0 saturated carbocycles. The number of fused-ring (bicyclic) bond motifs is 3. The first-order valence-electron chi connectivity index (χ1n) is 9.02. The molecule has 2 atom stereocenters. The second-order valence-electron chi connectivity index (χ2n) is 7.00. The van der Waals surface area contributed by atoms with E-state index in [2.05, 4.69) is 34.9 Å². The van der Waals surface area contributed by atoms with Crippen LogP contribution in [0.1, 0.15) is 37.8 Å². The molecule has 0 aromatic heterocycles. The van der Waals surface area contributed by atoms with E-state index in [0.29, 0.717) is 19.1 Å². The third kappa shape index (κ3) is 3.38. The Labute approximate surface area is 153 Å². The number of cyclic esters (lactones) is 1. The largest absolute Gasteiger partial charge is 0.447 e. The highest BCUT2D eigenvalue weighted by Crippen LogP contribution is 2.41. The average molecular weight is 358 g/mol. The Balaban J connectivity index is 0.000000349. The molecule has 2 unspecified atom stereocenters. The van der Waals surface area contributed by atoms with Gasteiger partial charge in [0.05, 0.1) is 12.1 Å². The molecule has 0 spiro atoms. The molecule has 2 amide bonds. The maximum atomic E-state index is 11.7. The number of hydrogen-bond donors (Lipinski definition) is 2. The Morgan fingerprint density at radius 2 is 2.23 bits per heavy atom. The zero-order valence-corrected chi connectivity index (χ0v) is 15.5. The zero-order chi connectivity index (χ0) is 18.7. The molecule has 1 aliphatic carbocycles. The fourth-order valence-electron chi connectivity index (χ4n) is 3.72. The maximum Gasteiger partial charge on any atom is 0.414 e. The molecule has 0 radical (unpaired) electrons. The third-order valence-corrected chi connectivity index (χ3v) is 5.33. The van der Waals surface area contributed by atoms with Gasteiger partial charge >= 0.3 is 6.09 Å². The molecule has 1 aromatic rings. The van der Waals surface area contributed by atoms with Crippen LogP contribution in [0.25, 0.3) is 0 Å². The molecule has 2 aliphatic heterocycles. The number of nitrogens with zero attached hydrogens (tertiary/aromatic N) is 2. The lowest BCUT2D eigenvalue weighted by Gasteiger charge is -2.31. The summed E-state index contributed by atoms with van der Waals surface area (Å²) in [6, 6.07) is 6.32. The van der Waals surface area contributed by atoms with Gasteiger partial charge < -0.3 is 10.1 Å². The SMILES string of the molecule is CC12NN=CC1CCCc1cc(N3CCOC3=O)ccc12.CNC(C)=O. The maximum absolute atomic E-state index is 11.7. The number of amides is 2. The van der Waals surface area contributed by atoms with E-state index < -0.39 is 0 Å². The van der Waals surface area contributed by atoms with Crippen LogP contribution in [-0.4, -0.2) is 38.4 Å². The Morgan fingerprint density at radius 3 is 2.88 bits per heavy atom. The Kier molecular flexibility index (Phi) is 5.15. The third-order valence-electron chi connectivity index (χ3n) is 5.33. The number of aryl methyl sites for hydroxylation is 1. The van der Waals surface area contributed by atoms with Gasteiger partial charge in [-0.1, -0.05) is 6.07 Å². The Morgan fingerprint density at radius 1 is 1.46 bits per heavy atom. The molecule has 1 fully saturated rings. The first-order valence-corrected chi connectivity index (χ1v) is 9.02. The van der Waals surface area contributed by atoms with E-state index in [1.54, 1.807) is 11.9 Å². The van der Waals surface area contributed by atoms with Gasteiger partial charge in [0.25, 0.3) is 0 Å². The van der Waals surface area contributed by atoms with E-state index in [1.165, 1.54) is 18.1 Å². The number of hydrogen-bond acceptors (Lipinski definition) is 5. The van der Waals surface area contributed by atoms with Crippen molar-refractivity contribution < 1.29 is 14.3 Å². The number of ether oxygens (including phenoxy) is 1. The molecule has 4 rings (SSSR count). The van der Waals surface area contributed by atoms with Crippen molar-refractivity contribution in [3.63, 3.8) is 0 Å². The fraction of sp³-hybridized carbons (Fsp3) is 0.526. The lowest BCUT2D eigenvalue weighted by molar-refractivity contribution is -0.118. The van der Waals surface area contributed by atoms with E-state index in [-0.39, 0.29) is 17.5 Å². The smallest absolute Gasteiger partial charge is 0.414 e. The number of hydrazone groups is 1. The monoisotopic (exact) mass is 358 g/mol. The van der Waals surface area contributed by atoms with Gasteiger partial charge in [0, 0.05) is 31.8 Å². The van der Waals surface area contributed by atoms with Crippen LogP contribution >= 0.6 is 0 Å². The van der Waals surface area contributed by atoms with Crippen LogP contribution in [0, 0.1) is 5.92 Å². The average Bonchev–Trinajstić information content (AvgIpc) is 3.19. The lowest BCUT2D eigenvalue weighted by Crippen LogP contribution is -2.39. The highest BCUT2D eigenvalue weighted by Gasteiger charge is 2.41. The molecular formula is C19H26N4O3. The molecule has 140 valence electrons. The van der Waals surface area contributed by atoms with Crippen LogP contribution in [0.4, 0.5) is 10.5 Å². The summed E-state index contributed by atoms with van der Waals surface area (Å²) in [7, 11) is 1.60. The summed E-state index contributed by atoms with van der Waals surface area (Å²) in [6.45, 7) is 4.81. The van der Waals surface area contributed by atoms with E-state index in [9.17, 15) is 9.59 Å². The van der Waals surface area contributed by atoms with Crippen LogP contribution in [0.3, 0.4) is 0 Å². The predicted octanol–water partition coefficient (Wildman–Crippen LogP) is 2.15. The van der Waals surface area contributed by atoms with Gasteiger partial charge in [-0.25, -0.2) is 4.79 Å². The highest BCUT2D eigenvalue weighted by atomic mass is 16.6. The van der Waals surface area contributed by atoms with Crippen molar-refractivity contribution >= 4 is 23.9 Å². The van der Waals surface area contributed by atoms with Crippen molar-refractivity contribution in [2.75, 3.05) is 25.1 Å². The molecule has 7 nitrogen and oxygen atoms in total. The van der Waals surface area contributed by atoms with Crippen molar-refractivity contribution in [3.05, 3.63) is 29.3 Å². The van der Waals surface area contributed by atoms with E-state index in [4.69, 9.17) is 4.74 Å². The van der Waals surface area contributed by atoms with Crippen molar-refractivity contribution in [1.82, 2.24) is 10.7 Å². The summed E-state index contributed by atoms with van der Waals surface area (Å²) < 4.78 is 5.03. The van der Waals surface area contributed by atoms with Gasteiger partial charge in [-0.05, 0) is 49.4 Å². The minimum atomic E-state index is -0.241. The number of nitrogens with one attached hydrogen (secondary N) is 2. The Hall–Kier alpha value is -2.57. The first kappa shape index (κ1) is 18.2. The van der Waals surface area contributed by atoms with Crippen molar-refractivity contribution in [1.29, 1.82) is 0 Å². The molecular weight excluding hydrogens is 332 g/mol. The summed E-state index contributed by atoms with van der Waals surface area (Å²) in [5, 5.41) is 6.68. The molecule has 0 bridgehead atoms. The van der Waals surface area contributed by atoms with E-state index >= 15 is 0 Å². The van der Waals surface area contributed by atoms with Crippen molar-refractivity contribution in [3.8, 4) is 0 Å². The van der Waals surface area contributed by atoms with Crippen LogP contribution in [-0.2, 0) is 21.5 Å². The van der Waals surface area contributed by atoms with Crippen molar-refractivity contribution in [2.24, 2.45) is 11.0 Å². The molecule has 26 heavy (non-hydrogen) atoms. The standard InChI is InChI=1S/C16H19N3O2.C3H7NO/c1-16-12(10-17-18-16)4-2-3-11-9-13(5-6-14(11)16)19-7-8-21-15(19)20;1-3(5)4-2/h5-6,9-10,12,18H,2-4,7-8H2,1H3;1-2H3,(H,4,5). The van der Waals surface area contributed by atoms with Crippen LogP contribution in [0.2, 0.25) is 0 Å². The summed E-state index contributed by atoms with van der Waals surface area (Å²) in [5.74, 6) is 0.450.